The van der Waals surface area contributed by atoms with Crippen molar-refractivity contribution in [2.75, 3.05) is 7.05 Å². The van der Waals surface area contributed by atoms with E-state index in [1.54, 1.807) is 5.56 Å². The van der Waals surface area contributed by atoms with Gasteiger partial charge in [0.05, 0.1) is 0 Å². The minimum atomic E-state index is 0.759. The molecule has 0 amide bonds. The van der Waals surface area contributed by atoms with E-state index in [2.05, 4.69) is 44.4 Å². The molecule has 1 aromatic rings. The monoisotopic (exact) mass is 217 g/mol. The first kappa shape index (κ1) is 11.7. The normalized spacial score (nSPS) is 24.9. The van der Waals surface area contributed by atoms with E-state index in [0.29, 0.717) is 0 Å². The minimum Gasteiger partial charge on any atom is -0.317 e. The Morgan fingerprint density at radius 3 is 2.75 bits per heavy atom. The zero-order valence-corrected chi connectivity index (χ0v) is 10.7. The molecule has 0 aliphatic heterocycles. The average molecular weight is 217 g/mol. The van der Waals surface area contributed by atoms with Gasteiger partial charge in [-0.1, -0.05) is 23.8 Å². The van der Waals surface area contributed by atoms with Gasteiger partial charge < -0.3 is 5.32 Å². The lowest BCUT2D eigenvalue weighted by molar-refractivity contribution is 0.509. The van der Waals surface area contributed by atoms with Crippen molar-refractivity contribution in [3.8, 4) is 0 Å². The maximum absolute atomic E-state index is 3.41. The molecule has 2 rings (SSSR count). The van der Waals surface area contributed by atoms with Crippen molar-refractivity contribution in [2.45, 2.75) is 45.6 Å². The Labute approximate surface area is 99.3 Å². The van der Waals surface area contributed by atoms with E-state index < -0.39 is 0 Å². The molecule has 0 saturated heterocycles. The number of aryl methyl sites for hydroxylation is 2. The first-order valence-electron chi connectivity index (χ1n) is 6.42. The lowest BCUT2D eigenvalue weighted by Crippen LogP contribution is -2.21. The molecule has 1 fully saturated rings. The van der Waals surface area contributed by atoms with Gasteiger partial charge in [0.2, 0.25) is 0 Å². The molecule has 0 spiro atoms. The van der Waals surface area contributed by atoms with Crippen LogP contribution >= 0.6 is 0 Å². The molecule has 1 aliphatic carbocycles. The van der Waals surface area contributed by atoms with Gasteiger partial charge in [-0.05, 0) is 63.6 Å². The molecule has 1 aliphatic rings. The molecular formula is C15H23N. The second-order valence-electron chi connectivity index (χ2n) is 5.30. The zero-order valence-electron chi connectivity index (χ0n) is 10.7. The third-order valence-electron chi connectivity index (χ3n) is 3.96. The highest BCUT2D eigenvalue weighted by atomic mass is 14.9. The fraction of sp³-hybridized carbons (Fsp3) is 0.600. The van der Waals surface area contributed by atoms with Gasteiger partial charge in [-0.2, -0.15) is 0 Å². The predicted octanol–water partition coefficient (Wildman–Crippen LogP) is 3.23. The van der Waals surface area contributed by atoms with Gasteiger partial charge in [0, 0.05) is 6.04 Å². The summed E-state index contributed by atoms with van der Waals surface area (Å²) in [4.78, 5) is 0. The van der Waals surface area contributed by atoms with Crippen LogP contribution in [-0.4, -0.2) is 13.1 Å². The van der Waals surface area contributed by atoms with Crippen LogP contribution in [0, 0.1) is 19.8 Å². The van der Waals surface area contributed by atoms with Gasteiger partial charge in [-0.3, -0.25) is 0 Å². The smallest absolute Gasteiger partial charge is 0.00669 e. The van der Waals surface area contributed by atoms with Gasteiger partial charge in [-0.25, -0.2) is 0 Å². The van der Waals surface area contributed by atoms with Crippen LogP contribution in [0.3, 0.4) is 0 Å². The third-order valence-corrected chi connectivity index (χ3v) is 3.96. The molecule has 2 atom stereocenters. The van der Waals surface area contributed by atoms with Crippen LogP contribution in [0.25, 0.3) is 0 Å². The Bertz CT molecular complexity index is 356. The van der Waals surface area contributed by atoms with Crippen LogP contribution in [0.5, 0.6) is 0 Å². The second kappa shape index (κ2) is 5.01. The average Bonchev–Trinajstić information content (AvgIpc) is 2.71. The number of hydrogen-bond acceptors (Lipinski definition) is 1. The molecule has 0 radical (unpaired) electrons. The summed E-state index contributed by atoms with van der Waals surface area (Å²) in [5.41, 5.74) is 4.41. The molecule has 88 valence electrons. The molecule has 16 heavy (non-hydrogen) atoms. The van der Waals surface area contributed by atoms with Crippen LogP contribution in [0.15, 0.2) is 18.2 Å². The van der Waals surface area contributed by atoms with E-state index in [4.69, 9.17) is 0 Å². The molecular weight excluding hydrogens is 194 g/mol. The summed E-state index contributed by atoms with van der Waals surface area (Å²) in [6, 6.07) is 7.59. The van der Waals surface area contributed by atoms with Gasteiger partial charge >= 0.3 is 0 Å². The molecule has 0 aromatic heterocycles. The summed E-state index contributed by atoms with van der Waals surface area (Å²) >= 11 is 0. The summed E-state index contributed by atoms with van der Waals surface area (Å²) in [6.45, 7) is 4.42. The van der Waals surface area contributed by atoms with E-state index >= 15 is 0 Å². The van der Waals surface area contributed by atoms with Crippen LogP contribution in [0.4, 0.5) is 0 Å². The largest absolute Gasteiger partial charge is 0.317 e. The van der Waals surface area contributed by atoms with Gasteiger partial charge in [-0.15, -0.1) is 0 Å². The summed E-state index contributed by atoms with van der Waals surface area (Å²) in [5.74, 6) is 0.887. The first-order valence-corrected chi connectivity index (χ1v) is 6.42. The van der Waals surface area contributed by atoms with E-state index in [-0.39, 0.29) is 0 Å². The predicted molar refractivity (Wildman–Crippen MR) is 69.8 cm³/mol. The van der Waals surface area contributed by atoms with E-state index in [9.17, 15) is 0 Å². The molecule has 1 heteroatoms. The highest BCUT2D eigenvalue weighted by Gasteiger charge is 2.23. The maximum Gasteiger partial charge on any atom is 0.00669 e. The lowest BCUT2D eigenvalue weighted by atomic mass is 9.93. The van der Waals surface area contributed by atoms with Crippen LogP contribution in [0.2, 0.25) is 0 Å². The fourth-order valence-corrected chi connectivity index (χ4v) is 2.85. The Hall–Kier alpha value is -0.820. The molecule has 0 bridgehead atoms. The van der Waals surface area contributed by atoms with E-state index in [1.807, 2.05) is 0 Å². The van der Waals surface area contributed by atoms with Gasteiger partial charge in [0.15, 0.2) is 0 Å². The van der Waals surface area contributed by atoms with Crippen molar-refractivity contribution < 1.29 is 0 Å². The molecule has 2 unspecified atom stereocenters. The summed E-state index contributed by atoms with van der Waals surface area (Å²) in [6.07, 6.45) is 5.36. The summed E-state index contributed by atoms with van der Waals surface area (Å²) < 4.78 is 0. The SMILES string of the molecule is CNC1CCC(Cc2cc(C)ccc2C)C1. The van der Waals surface area contributed by atoms with Crippen molar-refractivity contribution in [3.63, 3.8) is 0 Å². The number of hydrogen-bond donors (Lipinski definition) is 1. The van der Waals surface area contributed by atoms with Crippen molar-refractivity contribution >= 4 is 0 Å². The Morgan fingerprint density at radius 1 is 1.25 bits per heavy atom. The van der Waals surface area contributed by atoms with Crippen molar-refractivity contribution in [3.05, 3.63) is 34.9 Å². The van der Waals surface area contributed by atoms with Crippen molar-refractivity contribution in [1.82, 2.24) is 5.32 Å². The highest BCUT2D eigenvalue weighted by Crippen LogP contribution is 2.29. The Balaban J connectivity index is 2.01. The van der Waals surface area contributed by atoms with Crippen LogP contribution < -0.4 is 5.32 Å². The zero-order chi connectivity index (χ0) is 11.5. The van der Waals surface area contributed by atoms with E-state index in [0.717, 1.165) is 12.0 Å². The fourth-order valence-electron chi connectivity index (χ4n) is 2.85. The summed E-state index contributed by atoms with van der Waals surface area (Å²) in [5, 5.41) is 3.41. The van der Waals surface area contributed by atoms with Crippen molar-refractivity contribution in [1.29, 1.82) is 0 Å². The standard InChI is InChI=1S/C15H23N/c1-11-4-5-12(2)14(8-11)9-13-6-7-15(10-13)16-3/h4-5,8,13,15-16H,6-7,9-10H2,1-3H3. The number of rotatable bonds is 3. The molecule has 1 saturated carbocycles. The first-order chi connectivity index (χ1) is 7.69. The van der Waals surface area contributed by atoms with E-state index in [1.165, 1.54) is 36.8 Å². The summed E-state index contributed by atoms with van der Waals surface area (Å²) in [7, 11) is 2.09. The Morgan fingerprint density at radius 2 is 2.06 bits per heavy atom. The quantitative estimate of drug-likeness (QED) is 0.819. The maximum atomic E-state index is 3.41. The molecule has 0 heterocycles. The molecule has 1 aromatic carbocycles. The van der Waals surface area contributed by atoms with Gasteiger partial charge in [0.25, 0.3) is 0 Å². The third kappa shape index (κ3) is 2.65. The highest BCUT2D eigenvalue weighted by molar-refractivity contribution is 5.30. The molecule has 1 N–H and O–H groups in total. The van der Waals surface area contributed by atoms with Gasteiger partial charge in [0.1, 0.15) is 0 Å². The molecule has 1 nitrogen and oxygen atoms in total. The minimum absolute atomic E-state index is 0.759. The topological polar surface area (TPSA) is 12.0 Å². The Kier molecular flexibility index (Phi) is 3.65. The second-order valence-corrected chi connectivity index (χ2v) is 5.30. The van der Waals surface area contributed by atoms with Crippen molar-refractivity contribution in [2.24, 2.45) is 5.92 Å². The van der Waals surface area contributed by atoms with Crippen LogP contribution in [0.1, 0.15) is 36.0 Å². The van der Waals surface area contributed by atoms with Crippen LogP contribution in [-0.2, 0) is 6.42 Å². The lowest BCUT2D eigenvalue weighted by Gasteiger charge is -2.13. The number of nitrogens with one attached hydrogen (secondary N) is 1. The number of benzene rings is 1.